The molecule has 0 saturated carbocycles. The summed E-state index contributed by atoms with van der Waals surface area (Å²) in [5, 5.41) is 13.5. The van der Waals surface area contributed by atoms with Crippen molar-refractivity contribution in [1.82, 2.24) is 0 Å². The molecule has 152 valence electrons. The van der Waals surface area contributed by atoms with E-state index in [4.69, 9.17) is 9.47 Å². The lowest BCUT2D eigenvalue weighted by atomic mass is 10.2. The predicted molar refractivity (Wildman–Crippen MR) is 106 cm³/mol. The smallest absolute Gasteiger partial charge is 0.342 e. The third-order valence-corrected chi connectivity index (χ3v) is 4.57. The normalized spacial score (nSPS) is 13.1. The number of nitro benzene ring substituents is 1. The molecule has 2 aromatic carbocycles. The standard InChI is InChI=1S/C20H21N3O6/c1-28-18-9-8-16(23(26)27)12-17(18)20(25)29-13-19(24)21-14-4-6-15(7-5-14)22-10-2-3-11-22/h4-9,12H,2-3,10-11,13H2,1H3,(H,21,24). The number of hydrogen-bond donors (Lipinski definition) is 1. The molecule has 0 atom stereocenters. The molecule has 0 radical (unpaired) electrons. The molecule has 1 heterocycles. The first-order valence-corrected chi connectivity index (χ1v) is 9.12. The number of carbonyl (C=O) groups is 2. The first kappa shape index (κ1) is 20.1. The van der Waals surface area contributed by atoms with E-state index >= 15 is 0 Å². The zero-order valence-electron chi connectivity index (χ0n) is 15.9. The number of amides is 1. The Hall–Kier alpha value is -3.62. The summed E-state index contributed by atoms with van der Waals surface area (Å²) in [7, 11) is 1.33. The van der Waals surface area contributed by atoms with Crippen LogP contribution >= 0.6 is 0 Å². The molecule has 1 amide bonds. The third-order valence-electron chi connectivity index (χ3n) is 4.57. The average molecular weight is 399 g/mol. The third kappa shape index (κ3) is 5.01. The van der Waals surface area contributed by atoms with Gasteiger partial charge in [0, 0.05) is 36.6 Å². The van der Waals surface area contributed by atoms with Crippen LogP contribution in [0.5, 0.6) is 5.75 Å². The van der Waals surface area contributed by atoms with Gasteiger partial charge in [-0.05, 0) is 43.2 Å². The van der Waals surface area contributed by atoms with E-state index in [1.807, 2.05) is 12.1 Å². The zero-order chi connectivity index (χ0) is 20.8. The molecule has 0 unspecified atom stereocenters. The van der Waals surface area contributed by atoms with E-state index in [9.17, 15) is 19.7 Å². The van der Waals surface area contributed by atoms with Crippen LogP contribution in [0.3, 0.4) is 0 Å². The summed E-state index contributed by atoms with van der Waals surface area (Å²) in [5.74, 6) is -1.28. The number of benzene rings is 2. The Morgan fingerprint density at radius 1 is 1.14 bits per heavy atom. The second kappa shape index (κ2) is 9.05. The quantitative estimate of drug-likeness (QED) is 0.433. The van der Waals surface area contributed by atoms with Crippen molar-refractivity contribution in [3.63, 3.8) is 0 Å². The lowest BCUT2D eigenvalue weighted by Gasteiger charge is -2.17. The van der Waals surface area contributed by atoms with E-state index in [0.29, 0.717) is 5.69 Å². The maximum Gasteiger partial charge on any atom is 0.342 e. The Balaban J connectivity index is 1.57. The maximum absolute atomic E-state index is 12.2. The van der Waals surface area contributed by atoms with Gasteiger partial charge < -0.3 is 19.7 Å². The largest absolute Gasteiger partial charge is 0.496 e. The van der Waals surface area contributed by atoms with Gasteiger partial charge in [0.1, 0.15) is 11.3 Å². The van der Waals surface area contributed by atoms with Gasteiger partial charge in [-0.25, -0.2) is 4.79 Å². The minimum Gasteiger partial charge on any atom is -0.496 e. The first-order valence-electron chi connectivity index (χ1n) is 9.12. The predicted octanol–water partition coefficient (Wildman–Crippen LogP) is 3.00. The Morgan fingerprint density at radius 2 is 1.83 bits per heavy atom. The molecule has 1 saturated heterocycles. The van der Waals surface area contributed by atoms with Crippen molar-refractivity contribution in [3.05, 3.63) is 58.1 Å². The highest BCUT2D eigenvalue weighted by Gasteiger charge is 2.20. The van der Waals surface area contributed by atoms with Crippen LogP contribution in [0.2, 0.25) is 0 Å². The number of ether oxygens (including phenoxy) is 2. The van der Waals surface area contributed by atoms with E-state index < -0.39 is 23.4 Å². The molecular formula is C20H21N3O6. The minimum atomic E-state index is -0.884. The SMILES string of the molecule is COc1ccc([N+](=O)[O-])cc1C(=O)OCC(=O)Nc1ccc(N2CCCC2)cc1. The van der Waals surface area contributed by atoms with E-state index in [1.165, 1.54) is 32.1 Å². The van der Waals surface area contributed by atoms with Gasteiger partial charge in [0.05, 0.1) is 12.0 Å². The van der Waals surface area contributed by atoms with Crippen LogP contribution in [0.15, 0.2) is 42.5 Å². The van der Waals surface area contributed by atoms with Gasteiger partial charge >= 0.3 is 5.97 Å². The summed E-state index contributed by atoms with van der Waals surface area (Å²) >= 11 is 0. The lowest BCUT2D eigenvalue weighted by molar-refractivity contribution is -0.384. The maximum atomic E-state index is 12.2. The first-order chi connectivity index (χ1) is 14.0. The van der Waals surface area contributed by atoms with Crippen molar-refractivity contribution in [2.24, 2.45) is 0 Å². The van der Waals surface area contributed by atoms with Crippen molar-refractivity contribution in [2.75, 3.05) is 37.0 Å². The second-order valence-corrected chi connectivity index (χ2v) is 6.51. The van der Waals surface area contributed by atoms with E-state index in [-0.39, 0.29) is 17.0 Å². The highest BCUT2D eigenvalue weighted by atomic mass is 16.6. The topological polar surface area (TPSA) is 111 Å². The summed E-state index contributed by atoms with van der Waals surface area (Å²) in [5.41, 5.74) is 1.29. The van der Waals surface area contributed by atoms with Crippen LogP contribution in [0.4, 0.5) is 17.1 Å². The van der Waals surface area contributed by atoms with Gasteiger partial charge in [0.2, 0.25) is 0 Å². The molecule has 0 aromatic heterocycles. The van der Waals surface area contributed by atoms with Gasteiger partial charge in [0.15, 0.2) is 6.61 Å². The number of esters is 1. The number of nitro groups is 1. The average Bonchev–Trinajstić information content (AvgIpc) is 3.27. The number of hydrogen-bond acceptors (Lipinski definition) is 7. The van der Waals surface area contributed by atoms with Crippen LogP contribution in [-0.2, 0) is 9.53 Å². The molecule has 0 spiro atoms. The Morgan fingerprint density at radius 3 is 2.45 bits per heavy atom. The monoisotopic (exact) mass is 399 g/mol. The van der Waals surface area contributed by atoms with Gasteiger partial charge in [-0.1, -0.05) is 0 Å². The molecule has 1 aliphatic rings. The molecular weight excluding hydrogens is 378 g/mol. The fourth-order valence-electron chi connectivity index (χ4n) is 3.11. The van der Waals surface area contributed by atoms with Gasteiger partial charge in [-0.2, -0.15) is 0 Å². The number of carbonyl (C=O) groups excluding carboxylic acids is 2. The van der Waals surface area contributed by atoms with Crippen LogP contribution in [0.1, 0.15) is 23.2 Å². The van der Waals surface area contributed by atoms with E-state index in [1.54, 1.807) is 12.1 Å². The molecule has 9 heteroatoms. The molecule has 1 aliphatic heterocycles. The van der Waals surface area contributed by atoms with Crippen LogP contribution in [0, 0.1) is 10.1 Å². The van der Waals surface area contributed by atoms with Crippen molar-refractivity contribution in [2.45, 2.75) is 12.8 Å². The zero-order valence-corrected chi connectivity index (χ0v) is 15.9. The van der Waals surface area contributed by atoms with Crippen molar-refractivity contribution in [1.29, 1.82) is 0 Å². The van der Waals surface area contributed by atoms with E-state index in [0.717, 1.165) is 24.8 Å². The number of methoxy groups -OCH3 is 1. The summed E-state index contributed by atoms with van der Waals surface area (Å²) in [4.78, 5) is 36.9. The molecule has 29 heavy (non-hydrogen) atoms. The molecule has 0 bridgehead atoms. The molecule has 1 N–H and O–H groups in total. The molecule has 0 aliphatic carbocycles. The second-order valence-electron chi connectivity index (χ2n) is 6.51. The fraction of sp³-hybridized carbons (Fsp3) is 0.300. The van der Waals surface area contributed by atoms with Gasteiger partial charge in [0.25, 0.3) is 11.6 Å². The number of non-ortho nitro benzene ring substituents is 1. The van der Waals surface area contributed by atoms with Crippen LogP contribution in [0.25, 0.3) is 0 Å². The van der Waals surface area contributed by atoms with Crippen molar-refractivity contribution in [3.8, 4) is 5.75 Å². The molecule has 9 nitrogen and oxygen atoms in total. The molecule has 1 fully saturated rings. The minimum absolute atomic E-state index is 0.121. The number of nitrogens with zero attached hydrogens (tertiary/aromatic N) is 2. The lowest BCUT2D eigenvalue weighted by Crippen LogP contribution is -2.21. The van der Waals surface area contributed by atoms with Crippen LogP contribution in [-0.4, -0.2) is 43.6 Å². The Bertz CT molecular complexity index is 907. The fourth-order valence-corrected chi connectivity index (χ4v) is 3.11. The van der Waals surface area contributed by atoms with Gasteiger partial charge in [-0.3, -0.25) is 14.9 Å². The summed E-state index contributed by atoms with van der Waals surface area (Å²) in [6.45, 7) is 1.53. The summed E-state index contributed by atoms with van der Waals surface area (Å²) < 4.78 is 10.0. The Labute approximate surface area is 167 Å². The van der Waals surface area contributed by atoms with Crippen molar-refractivity contribution < 1.29 is 24.0 Å². The van der Waals surface area contributed by atoms with E-state index in [2.05, 4.69) is 10.2 Å². The van der Waals surface area contributed by atoms with Crippen molar-refractivity contribution >= 4 is 28.9 Å². The summed E-state index contributed by atoms with van der Waals surface area (Å²) in [6.07, 6.45) is 2.36. The Kier molecular flexibility index (Phi) is 6.28. The number of anilines is 2. The van der Waals surface area contributed by atoms with Crippen LogP contribution < -0.4 is 15.0 Å². The number of nitrogens with one attached hydrogen (secondary N) is 1. The van der Waals surface area contributed by atoms with Gasteiger partial charge in [-0.15, -0.1) is 0 Å². The highest BCUT2D eigenvalue weighted by molar-refractivity contribution is 5.97. The number of rotatable bonds is 7. The summed E-state index contributed by atoms with van der Waals surface area (Å²) in [6, 6.07) is 11.0. The molecule has 2 aromatic rings. The molecule has 3 rings (SSSR count). The highest BCUT2D eigenvalue weighted by Crippen LogP contribution is 2.25.